The van der Waals surface area contributed by atoms with Gasteiger partial charge in [0.1, 0.15) is 10.0 Å². The van der Waals surface area contributed by atoms with Gasteiger partial charge < -0.3 is 0 Å². The highest BCUT2D eigenvalue weighted by molar-refractivity contribution is 7.91. The molecule has 0 radical (unpaired) electrons. The summed E-state index contributed by atoms with van der Waals surface area (Å²) < 4.78 is 31.0. The van der Waals surface area contributed by atoms with Crippen LogP contribution in [0.15, 0.2) is 51.5 Å². The van der Waals surface area contributed by atoms with Crippen LogP contribution >= 0.6 is 22.9 Å². The van der Waals surface area contributed by atoms with E-state index < -0.39 is 10.0 Å². The van der Waals surface area contributed by atoms with Crippen molar-refractivity contribution in [2.24, 2.45) is 7.05 Å². The second-order valence-electron chi connectivity index (χ2n) is 6.70. The topological polar surface area (TPSA) is 77.2 Å². The minimum Gasteiger partial charge on any atom is -0.247 e. The summed E-state index contributed by atoms with van der Waals surface area (Å²) in [5, 5.41) is 4.43. The summed E-state index contributed by atoms with van der Waals surface area (Å²) >= 11 is 6.98. The van der Waals surface area contributed by atoms with Crippen molar-refractivity contribution in [1.82, 2.24) is 18.7 Å². The fourth-order valence-corrected chi connectivity index (χ4v) is 6.66. The van der Waals surface area contributed by atoms with Gasteiger partial charge in [-0.3, -0.25) is 0 Å². The average molecular weight is 439 g/mol. The summed E-state index contributed by atoms with van der Waals surface area (Å²) in [7, 11) is -2.01. The molecule has 4 rings (SSSR count). The van der Waals surface area contributed by atoms with Gasteiger partial charge in [-0.15, -0.1) is 11.3 Å². The van der Waals surface area contributed by atoms with Crippen LogP contribution in [0.25, 0.3) is 5.69 Å². The molecule has 1 aliphatic rings. The van der Waals surface area contributed by atoms with Gasteiger partial charge in [-0.2, -0.15) is 9.40 Å². The normalized spacial score (nSPS) is 18.4. The SMILES string of the molecule is Cn1nc(C2CCCN(S(=O)(=O)c3ccc(Cl)s3)C2)n(-c2ccccc2)c1=O. The fourth-order valence-electron chi connectivity index (χ4n) is 3.50. The first-order valence-electron chi connectivity index (χ1n) is 8.85. The predicted octanol–water partition coefficient (Wildman–Crippen LogP) is 2.85. The molecule has 0 aliphatic carbocycles. The smallest absolute Gasteiger partial charge is 0.247 e. The molecular formula is C18H19ClN4O3S2. The Balaban J connectivity index is 1.70. The molecule has 1 aromatic carbocycles. The molecule has 3 heterocycles. The van der Waals surface area contributed by atoms with Gasteiger partial charge in [-0.25, -0.2) is 22.5 Å². The minimum absolute atomic E-state index is 0.173. The van der Waals surface area contributed by atoms with Crippen molar-refractivity contribution in [3.8, 4) is 5.69 Å². The molecule has 148 valence electrons. The van der Waals surface area contributed by atoms with Gasteiger partial charge in [0, 0.05) is 26.1 Å². The largest absolute Gasteiger partial charge is 0.350 e. The third-order valence-corrected chi connectivity index (χ3v) is 8.42. The zero-order valence-electron chi connectivity index (χ0n) is 15.2. The van der Waals surface area contributed by atoms with Crippen molar-refractivity contribution in [2.75, 3.05) is 13.1 Å². The van der Waals surface area contributed by atoms with E-state index in [1.54, 1.807) is 17.7 Å². The first-order chi connectivity index (χ1) is 13.4. The quantitative estimate of drug-likeness (QED) is 0.627. The third kappa shape index (κ3) is 3.43. The third-order valence-electron chi connectivity index (χ3n) is 4.86. The zero-order valence-corrected chi connectivity index (χ0v) is 17.5. The lowest BCUT2D eigenvalue weighted by Crippen LogP contribution is -2.39. The molecule has 10 heteroatoms. The van der Waals surface area contributed by atoms with Crippen LogP contribution in [-0.2, 0) is 17.1 Å². The number of thiophene rings is 1. The number of hydrogen-bond donors (Lipinski definition) is 0. The Morgan fingerprint density at radius 2 is 1.93 bits per heavy atom. The lowest BCUT2D eigenvalue weighted by molar-refractivity contribution is 0.307. The lowest BCUT2D eigenvalue weighted by atomic mass is 9.98. The van der Waals surface area contributed by atoms with E-state index in [0.717, 1.165) is 23.4 Å². The molecule has 0 spiro atoms. The highest BCUT2D eigenvalue weighted by Gasteiger charge is 2.34. The number of nitrogens with zero attached hydrogens (tertiary/aromatic N) is 4. The van der Waals surface area contributed by atoms with Crippen LogP contribution in [0.2, 0.25) is 4.34 Å². The Morgan fingerprint density at radius 3 is 2.61 bits per heavy atom. The summed E-state index contributed by atoms with van der Waals surface area (Å²) in [6.07, 6.45) is 1.46. The molecule has 1 fully saturated rings. The van der Waals surface area contributed by atoms with Gasteiger partial charge >= 0.3 is 5.69 Å². The predicted molar refractivity (Wildman–Crippen MR) is 109 cm³/mol. The molecule has 0 amide bonds. The zero-order chi connectivity index (χ0) is 19.9. The summed E-state index contributed by atoms with van der Waals surface area (Å²) in [4.78, 5) is 12.7. The standard InChI is InChI=1S/C18H19ClN4O3S2/c1-21-18(24)23(14-7-3-2-4-8-14)17(20-21)13-6-5-11-22(12-13)28(25,26)16-10-9-15(19)27-16/h2-4,7-10,13H,5-6,11-12H2,1H3. The first-order valence-corrected chi connectivity index (χ1v) is 11.5. The Morgan fingerprint density at radius 1 is 1.18 bits per heavy atom. The molecule has 0 N–H and O–H groups in total. The number of halogens is 1. The van der Waals surface area contributed by atoms with Crippen LogP contribution in [0.1, 0.15) is 24.6 Å². The van der Waals surface area contributed by atoms with E-state index in [1.165, 1.54) is 15.1 Å². The fraction of sp³-hybridized carbons (Fsp3) is 0.333. The van der Waals surface area contributed by atoms with Crippen molar-refractivity contribution >= 4 is 33.0 Å². The number of aryl methyl sites for hydroxylation is 1. The first kappa shape index (κ1) is 19.4. The molecule has 7 nitrogen and oxygen atoms in total. The summed E-state index contributed by atoms with van der Waals surface area (Å²) in [5.74, 6) is 0.413. The van der Waals surface area contributed by atoms with E-state index in [1.807, 2.05) is 30.3 Å². The van der Waals surface area contributed by atoms with E-state index in [2.05, 4.69) is 5.10 Å². The van der Waals surface area contributed by atoms with Crippen LogP contribution in [0.4, 0.5) is 0 Å². The molecule has 2 aromatic heterocycles. The van der Waals surface area contributed by atoms with Gasteiger partial charge in [0.25, 0.3) is 10.0 Å². The van der Waals surface area contributed by atoms with Crippen molar-refractivity contribution in [3.63, 3.8) is 0 Å². The summed E-state index contributed by atoms with van der Waals surface area (Å²) in [5.41, 5.74) is 0.479. The molecule has 28 heavy (non-hydrogen) atoms. The molecule has 0 saturated carbocycles. The van der Waals surface area contributed by atoms with Crippen molar-refractivity contribution in [2.45, 2.75) is 23.0 Å². The maximum Gasteiger partial charge on any atom is 0.350 e. The number of rotatable bonds is 4. The Bertz CT molecular complexity index is 1150. The number of piperidine rings is 1. The van der Waals surface area contributed by atoms with Gasteiger partial charge in [0.05, 0.1) is 10.0 Å². The maximum atomic E-state index is 13.0. The summed E-state index contributed by atoms with van der Waals surface area (Å²) in [6.45, 7) is 0.720. The van der Waals surface area contributed by atoms with E-state index >= 15 is 0 Å². The Labute approximate surface area is 171 Å². The number of benzene rings is 1. The van der Waals surface area contributed by atoms with Crippen LogP contribution < -0.4 is 5.69 Å². The van der Waals surface area contributed by atoms with Gasteiger partial charge in [0.15, 0.2) is 0 Å². The number of sulfonamides is 1. The van der Waals surface area contributed by atoms with Crippen LogP contribution in [0, 0.1) is 0 Å². The number of aromatic nitrogens is 3. The van der Waals surface area contributed by atoms with Crippen molar-refractivity contribution in [3.05, 3.63) is 63.1 Å². The van der Waals surface area contributed by atoms with E-state index in [-0.39, 0.29) is 22.4 Å². The average Bonchev–Trinajstić information content (AvgIpc) is 3.27. The number of para-hydroxylation sites is 1. The van der Waals surface area contributed by atoms with E-state index in [4.69, 9.17) is 11.6 Å². The van der Waals surface area contributed by atoms with E-state index in [0.29, 0.717) is 23.1 Å². The molecule has 1 aliphatic heterocycles. The van der Waals surface area contributed by atoms with Crippen LogP contribution in [-0.4, -0.2) is 40.2 Å². The molecule has 1 saturated heterocycles. The maximum absolute atomic E-state index is 13.0. The van der Waals surface area contributed by atoms with Crippen molar-refractivity contribution in [1.29, 1.82) is 0 Å². The second-order valence-corrected chi connectivity index (χ2v) is 10.6. The van der Waals surface area contributed by atoms with Crippen molar-refractivity contribution < 1.29 is 8.42 Å². The molecule has 1 unspecified atom stereocenters. The lowest BCUT2D eigenvalue weighted by Gasteiger charge is -2.31. The van der Waals surface area contributed by atoms with Gasteiger partial charge in [-0.05, 0) is 37.1 Å². The number of hydrogen-bond acceptors (Lipinski definition) is 5. The second kappa shape index (κ2) is 7.47. The van der Waals surface area contributed by atoms with Gasteiger partial charge in [0.2, 0.25) is 0 Å². The van der Waals surface area contributed by atoms with Crippen LogP contribution in [0.3, 0.4) is 0 Å². The Kier molecular flexibility index (Phi) is 5.17. The molecule has 0 bridgehead atoms. The highest BCUT2D eigenvalue weighted by Crippen LogP contribution is 2.33. The monoisotopic (exact) mass is 438 g/mol. The summed E-state index contributed by atoms with van der Waals surface area (Å²) in [6, 6.07) is 12.4. The van der Waals surface area contributed by atoms with Gasteiger partial charge in [-0.1, -0.05) is 29.8 Å². The van der Waals surface area contributed by atoms with Crippen LogP contribution in [0.5, 0.6) is 0 Å². The van der Waals surface area contributed by atoms with E-state index in [9.17, 15) is 13.2 Å². The molecular weight excluding hydrogens is 420 g/mol. The molecule has 3 aromatic rings. The Hall–Kier alpha value is -1.94. The molecule has 1 atom stereocenters. The highest BCUT2D eigenvalue weighted by atomic mass is 35.5. The minimum atomic E-state index is -3.62.